The van der Waals surface area contributed by atoms with Crippen molar-refractivity contribution < 1.29 is 14.3 Å². The van der Waals surface area contributed by atoms with E-state index in [2.05, 4.69) is 15.5 Å². The molecule has 2 saturated heterocycles. The number of nitrogens with two attached hydrogens (primary N) is 1. The molecule has 0 radical (unpaired) electrons. The maximum Gasteiger partial charge on any atom is 0.233 e. The van der Waals surface area contributed by atoms with E-state index < -0.39 is 0 Å². The fraction of sp³-hybridized carbons (Fsp3) is 0.786. The maximum atomic E-state index is 12.3. The van der Waals surface area contributed by atoms with E-state index in [1.165, 1.54) is 11.8 Å². The molecule has 0 spiro atoms. The molecule has 0 bridgehead atoms. The molecular weight excluding hydrogens is 332 g/mol. The van der Waals surface area contributed by atoms with Gasteiger partial charge in [0.2, 0.25) is 17.0 Å². The number of amides is 2. The average molecular weight is 354 g/mol. The lowest BCUT2D eigenvalue weighted by molar-refractivity contribution is -0.132. The van der Waals surface area contributed by atoms with E-state index >= 15 is 0 Å². The molecule has 2 amide bonds. The van der Waals surface area contributed by atoms with Crippen molar-refractivity contribution in [3.05, 3.63) is 0 Å². The van der Waals surface area contributed by atoms with Gasteiger partial charge in [-0.25, -0.2) is 4.68 Å². The van der Waals surface area contributed by atoms with Crippen molar-refractivity contribution in [1.82, 2.24) is 25.1 Å². The van der Waals surface area contributed by atoms with Crippen LogP contribution in [0.3, 0.4) is 0 Å². The highest BCUT2D eigenvalue weighted by molar-refractivity contribution is 7.99. The van der Waals surface area contributed by atoms with Gasteiger partial charge >= 0.3 is 0 Å². The molecule has 0 unspecified atom stereocenters. The van der Waals surface area contributed by atoms with Crippen LogP contribution in [0.15, 0.2) is 5.16 Å². The fourth-order valence-electron chi connectivity index (χ4n) is 3.03. The van der Waals surface area contributed by atoms with Gasteiger partial charge in [0.25, 0.3) is 0 Å². The van der Waals surface area contributed by atoms with E-state index in [-0.39, 0.29) is 29.6 Å². The largest absolute Gasteiger partial charge is 0.376 e. The number of primary amides is 1. The lowest BCUT2D eigenvalue weighted by Gasteiger charge is -2.30. The predicted octanol–water partition coefficient (Wildman–Crippen LogP) is -0.332. The van der Waals surface area contributed by atoms with Crippen molar-refractivity contribution in [3.63, 3.8) is 0 Å². The van der Waals surface area contributed by atoms with Crippen molar-refractivity contribution in [2.24, 2.45) is 11.7 Å². The molecule has 3 rings (SSSR count). The Labute approximate surface area is 144 Å². The lowest BCUT2D eigenvalue weighted by Crippen LogP contribution is -2.42. The van der Waals surface area contributed by atoms with E-state index in [1.807, 2.05) is 0 Å². The third-order valence-corrected chi connectivity index (χ3v) is 5.42. The summed E-state index contributed by atoms with van der Waals surface area (Å²) in [6.07, 6.45) is 3.51. The van der Waals surface area contributed by atoms with Gasteiger partial charge in [-0.2, -0.15) is 0 Å². The lowest BCUT2D eigenvalue weighted by atomic mass is 9.96. The van der Waals surface area contributed by atoms with Crippen LogP contribution in [0, 0.1) is 5.92 Å². The van der Waals surface area contributed by atoms with Crippen molar-refractivity contribution >= 4 is 23.6 Å². The van der Waals surface area contributed by atoms with E-state index in [1.54, 1.807) is 9.58 Å². The number of carbonyl (C=O) groups is 2. The molecule has 2 N–H and O–H groups in total. The molecule has 0 aliphatic carbocycles. The van der Waals surface area contributed by atoms with Gasteiger partial charge in [-0.1, -0.05) is 11.8 Å². The first-order valence-corrected chi connectivity index (χ1v) is 9.19. The van der Waals surface area contributed by atoms with Crippen LogP contribution in [-0.2, 0) is 20.9 Å². The number of likely N-dealkylation sites (tertiary alicyclic amines) is 1. The number of piperidine rings is 1. The Morgan fingerprint density at radius 2 is 2.08 bits per heavy atom. The van der Waals surface area contributed by atoms with Gasteiger partial charge in [0, 0.05) is 25.6 Å². The summed E-state index contributed by atoms with van der Waals surface area (Å²) in [7, 11) is 0. The van der Waals surface area contributed by atoms with Gasteiger partial charge in [0.05, 0.1) is 18.4 Å². The minimum atomic E-state index is -0.273. The van der Waals surface area contributed by atoms with E-state index in [0.29, 0.717) is 37.6 Å². The summed E-state index contributed by atoms with van der Waals surface area (Å²) >= 11 is 1.33. The summed E-state index contributed by atoms with van der Waals surface area (Å²) < 4.78 is 7.29. The minimum absolute atomic E-state index is 0.0367. The molecule has 3 heterocycles. The van der Waals surface area contributed by atoms with Gasteiger partial charge in [-0.15, -0.1) is 5.10 Å². The fourth-order valence-corrected chi connectivity index (χ4v) is 3.82. The summed E-state index contributed by atoms with van der Waals surface area (Å²) in [5, 5.41) is 12.3. The number of nitrogens with zero attached hydrogens (tertiary/aromatic N) is 5. The first-order chi connectivity index (χ1) is 11.6. The topological polar surface area (TPSA) is 116 Å². The summed E-state index contributed by atoms with van der Waals surface area (Å²) in [6, 6.07) is 0. The van der Waals surface area contributed by atoms with E-state index in [0.717, 1.165) is 19.4 Å². The molecule has 1 aromatic heterocycles. The molecule has 10 heteroatoms. The Kier molecular flexibility index (Phi) is 5.67. The van der Waals surface area contributed by atoms with Gasteiger partial charge in [0.15, 0.2) is 0 Å². The molecule has 132 valence electrons. The average Bonchev–Trinajstić information content (AvgIpc) is 3.25. The Hall–Kier alpha value is -1.68. The van der Waals surface area contributed by atoms with Crippen LogP contribution in [0.1, 0.15) is 25.7 Å². The standard InChI is InChI=1S/C14H22N6O3S/c15-13(22)10-3-5-19(6-4-10)12(21)9-24-14-16-17-18-20(14)8-11-2-1-7-23-11/h10-11H,1-9H2,(H2,15,22)/t11-/m1/s1. The molecular formula is C14H22N6O3S. The van der Waals surface area contributed by atoms with Gasteiger partial charge < -0.3 is 15.4 Å². The number of aromatic nitrogens is 4. The summed E-state index contributed by atoms with van der Waals surface area (Å²) in [6.45, 7) is 2.56. The minimum Gasteiger partial charge on any atom is -0.376 e. The van der Waals surface area contributed by atoms with Crippen LogP contribution in [0.4, 0.5) is 0 Å². The van der Waals surface area contributed by atoms with Crippen molar-refractivity contribution in [2.75, 3.05) is 25.4 Å². The molecule has 0 aromatic carbocycles. The van der Waals surface area contributed by atoms with Crippen LogP contribution in [0.25, 0.3) is 0 Å². The van der Waals surface area contributed by atoms with Crippen LogP contribution in [0.2, 0.25) is 0 Å². The third-order valence-electron chi connectivity index (χ3n) is 4.47. The highest BCUT2D eigenvalue weighted by Crippen LogP contribution is 2.21. The third kappa shape index (κ3) is 4.23. The van der Waals surface area contributed by atoms with E-state index in [9.17, 15) is 9.59 Å². The number of carbonyl (C=O) groups excluding carboxylic acids is 2. The normalized spacial score (nSPS) is 22.0. The second-order valence-electron chi connectivity index (χ2n) is 6.12. The number of hydrogen-bond acceptors (Lipinski definition) is 7. The Bertz CT molecular complexity index is 581. The van der Waals surface area contributed by atoms with Gasteiger partial charge in [-0.05, 0) is 36.1 Å². The SMILES string of the molecule is NC(=O)C1CCN(C(=O)CSc2nnnn2C[C@H]2CCCO2)CC1. The maximum absolute atomic E-state index is 12.3. The molecule has 2 aliphatic rings. The quantitative estimate of drug-likeness (QED) is 0.695. The Balaban J connectivity index is 1.46. The molecule has 2 fully saturated rings. The smallest absolute Gasteiger partial charge is 0.233 e. The highest BCUT2D eigenvalue weighted by Gasteiger charge is 2.26. The molecule has 0 saturated carbocycles. The molecule has 1 aromatic rings. The van der Waals surface area contributed by atoms with E-state index in [4.69, 9.17) is 10.5 Å². The molecule has 24 heavy (non-hydrogen) atoms. The van der Waals surface area contributed by atoms with Crippen LogP contribution in [0.5, 0.6) is 0 Å². The van der Waals surface area contributed by atoms with Gasteiger partial charge in [-0.3, -0.25) is 9.59 Å². The summed E-state index contributed by atoms with van der Waals surface area (Å²) in [5.74, 6) is -0.0626. The first-order valence-electron chi connectivity index (χ1n) is 8.21. The molecule has 1 atom stereocenters. The van der Waals surface area contributed by atoms with Crippen molar-refractivity contribution in [2.45, 2.75) is 43.5 Å². The Morgan fingerprint density at radius 3 is 2.75 bits per heavy atom. The molecule has 2 aliphatic heterocycles. The number of hydrogen-bond donors (Lipinski definition) is 1. The summed E-state index contributed by atoms with van der Waals surface area (Å²) in [4.78, 5) is 25.3. The zero-order chi connectivity index (χ0) is 16.9. The first kappa shape index (κ1) is 17.2. The van der Waals surface area contributed by atoms with Crippen LogP contribution < -0.4 is 5.73 Å². The zero-order valence-corrected chi connectivity index (χ0v) is 14.3. The summed E-state index contributed by atoms with van der Waals surface area (Å²) in [5.41, 5.74) is 5.31. The second kappa shape index (κ2) is 7.93. The van der Waals surface area contributed by atoms with Crippen molar-refractivity contribution in [3.8, 4) is 0 Å². The number of ether oxygens (including phenoxy) is 1. The highest BCUT2D eigenvalue weighted by atomic mass is 32.2. The zero-order valence-electron chi connectivity index (χ0n) is 13.5. The number of thioether (sulfide) groups is 1. The van der Waals surface area contributed by atoms with Crippen LogP contribution >= 0.6 is 11.8 Å². The van der Waals surface area contributed by atoms with Crippen molar-refractivity contribution in [1.29, 1.82) is 0 Å². The monoisotopic (exact) mass is 354 g/mol. The van der Waals surface area contributed by atoms with Crippen LogP contribution in [-0.4, -0.2) is 68.5 Å². The molecule has 9 nitrogen and oxygen atoms in total. The number of tetrazole rings is 1. The Morgan fingerprint density at radius 1 is 1.29 bits per heavy atom. The number of rotatable bonds is 6. The predicted molar refractivity (Wildman–Crippen MR) is 86.0 cm³/mol. The second-order valence-corrected chi connectivity index (χ2v) is 7.07. The van der Waals surface area contributed by atoms with Gasteiger partial charge in [0.1, 0.15) is 0 Å².